The molecule has 0 aliphatic carbocycles. The number of sulfone groups is 1. The van der Waals surface area contributed by atoms with E-state index in [1.807, 2.05) is 13.0 Å². The molecule has 0 saturated carbocycles. The molecular formula is C12H19NO2S2. The fraction of sp³-hybridized carbons (Fsp3) is 0.500. The normalized spacial score (nSPS) is 11.6. The SMILES string of the molecule is CCSCCCS(=O)(=O)c1cccc(C)c1N. The Morgan fingerprint density at radius 1 is 1.35 bits per heavy atom. The van der Waals surface area contributed by atoms with Gasteiger partial charge in [-0.1, -0.05) is 19.1 Å². The van der Waals surface area contributed by atoms with E-state index in [9.17, 15) is 8.42 Å². The molecule has 0 unspecified atom stereocenters. The van der Waals surface area contributed by atoms with Crippen molar-refractivity contribution in [2.24, 2.45) is 0 Å². The van der Waals surface area contributed by atoms with Crippen LogP contribution in [0.2, 0.25) is 0 Å². The van der Waals surface area contributed by atoms with Gasteiger partial charge in [0, 0.05) is 0 Å². The molecule has 1 rings (SSSR count). The molecule has 0 aliphatic rings. The number of hydrogen-bond donors (Lipinski definition) is 1. The Balaban J connectivity index is 2.79. The summed E-state index contributed by atoms with van der Waals surface area (Å²) < 4.78 is 24.2. The van der Waals surface area contributed by atoms with Gasteiger partial charge in [0.15, 0.2) is 9.84 Å². The fourth-order valence-corrected chi connectivity index (χ4v) is 3.88. The van der Waals surface area contributed by atoms with E-state index in [-0.39, 0.29) is 10.6 Å². The molecule has 96 valence electrons. The van der Waals surface area contributed by atoms with Crippen LogP contribution < -0.4 is 5.73 Å². The molecular weight excluding hydrogens is 254 g/mol. The number of anilines is 1. The van der Waals surface area contributed by atoms with Gasteiger partial charge in [0.2, 0.25) is 0 Å². The van der Waals surface area contributed by atoms with Gasteiger partial charge in [0.1, 0.15) is 0 Å². The molecule has 1 aromatic carbocycles. The average Bonchev–Trinajstić information content (AvgIpc) is 2.28. The Bertz CT molecular complexity index is 469. The van der Waals surface area contributed by atoms with Crippen LogP contribution >= 0.6 is 11.8 Å². The van der Waals surface area contributed by atoms with Crippen molar-refractivity contribution in [1.82, 2.24) is 0 Å². The lowest BCUT2D eigenvalue weighted by molar-refractivity contribution is 0.595. The maximum atomic E-state index is 12.1. The quantitative estimate of drug-likeness (QED) is 0.639. The summed E-state index contributed by atoms with van der Waals surface area (Å²) in [7, 11) is -3.23. The van der Waals surface area contributed by atoms with E-state index in [1.165, 1.54) is 0 Å². The molecule has 5 heteroatoms. The number of rotatable bonds is 6. The predicted octanol–water partition coefficient (Wildman–Crippen LogP) is 2.49. The highest BCUT2D eigenvalue weighted by molar-refractivity contribution is 7.99. The van der Waals surface area contributed by atoms with E-state index >= 15 is 0 Å². The number of aryl methyl sites for hydroxylation is 1. The Hall–Kier alpha value is -0.680. The van der Waals surface area contributed by atoms with E-state index in [0.717, 1.165) is 17.1 Å². The van der Waals surface area contributed by atoms with Crippen molar-refractivity contribution in [3.8, 4) is 0 Å². The topological polar surface area (TPSA) is 60.2 Å². The molecule has 1 aromatic rings. The number of para-hydroxylation sites is 1. The first-order valence-corrected chi connectivity index (χ1v) is 8.45. The second-order valence-corrected chi connectivity index (χ2v) is 7.33. The van der Waals surface area contributed by atoms with Crippen LogP contribution in [0.5, 0.6) is 0 Å². The van der Waals surface area contributed by atoms with Gasteiger partial charge in [-0.15, -0.1) is 0 Å². The average molecular weight is 273 g/mol. The summed E-state index contributed by atoms with van der Waals surface area (Å²) in [4.78, 5) is 0.277. The summed E-state index contributed by atoms with van der Waals surface area (Å²) in [6.07, 6.45) is 0.675. The van der Waals surface area contributed by atoms with Crippen molar-refractivity contribution in [3.05, 3.63) is 23.8 Å². The molecule has 0 amide bonds. The highest BCUT2D eigenvalue weighted by Crippen LogP contribution is 2.23. The maximum Gasteiger partial charge on any atom is 0.180 e. The van der Waals surface area contributed by atoms with Crippen molar-refractivity contribution in [3.63, 3.8) is 0 Å². The summed E-state index contributed by atoms with van der Waals surface area (Å²) in [6.45, 7) is 3.89. The Labute approximate surface area is 108 Å². The molecule has 0 spiro atoms. The summed E-state index contributed by atoms with van der Waals surface area (Å²) in [5, 5.41) is 0. The highest BCUT2D eigenvalue weighted by Gasteiger charge is 2.17. The zero-order chi connectivity index (χ0) is 12.9. The Kier molecular flexibility index (Phi) is 5.33. The van der Waals surface area contributed by atoms with Crippen LogP contribution in [0.4, 0.5) is 5.69 Å². The lowest BCUT2D eigenvalue weighted by Gasteiger charge is -2.09. The molecule has 0 bridgehead atoms. The van der Waals surface area contributed by atoms with Crippen LogP contribution in [0.15, 0.2) is 23.1 Å². The maximum absolute atomic E-state index is 12.1. The number of thioether (sulfide) groups is 1. The third-order valence-electron chi connectivity index (χ3n) is 2.53. The molecule has 0 aliphatic heterocycles. The minimum atomic E-state index is -3.23. The van der Waals surface area contributed by atoms with Crippen LogP contribution in [0.25, 0.3) is 0 Å². The van der Waals surface area contributed by atoms with E-state index in [0.29, 0.717) is 12.1 Å². The van der Waals surface area contributed by atoms with Crippen LogP contribution in [-0.4, -0.2) is 25.7 Å². The van der Waals surface area contributed by atoms with Gasteiger partial charge in [0.05, 0.1) is 16.3 Å². The fourth-order valence-electron chi connectivity index (χ4n) is 1.53. The van der Waals surface area contributed by atoms with Crippen molar-refractivity contribution in [1.29, 1.82) is 0 Å². The van der Waals surface area contributed by atoms with E-state index in [4.69, 9.17) is 5.73 Å². The van der Waals surface area contributed by atoms with Crippen LogP contribution in [0, 0.1) is 6.92 Å². The van der Waals surface area contributed by atoms with Crippen LogP contribution in [0.1, 0.15) is 18.9 Å². The first-order valence-electron chi connectivity index (χ1n) is 5.64. The number of benzene rings is 1. The number of nitrogens with two attached hydrogens (primary N) is 1. The first-order chi connectivity index (χ1) is 7.99. The largest absolute Gasteiger partial charge is 0.397 e. The zero-order valence-corrected chi connectivity index (χ0v) is 11.9. The van der Waals surface area contributed by atoms with Gasteiger partial charge in [-0.25, -0.2) is 8.42 Å². The van der Waals surface area contributed by atoms with Crippen molar-refractivity contribution < 1.29 is 8.42 Å². The van der Waals surface area contributed by atoms with Gasteiger partial charge in [-0.05, 0) is 36.5 Å². The van der Waals surface area contributed by atoms with E-state index in [1.54, 1.807) is 23.9 Å². The Morgan fingerprint density at radius 2 is 2.06 bits per heavy atom. The highest BCUT2D eigenvalue weighted by atomic mass is 32.2. The van der Waals surface area contributed by atoms with Crippen molar-refractivity contribution >= 4 is 27.3 Å². The minimum absolute atomic E-state index is 0.174. The molecule has 0 atom stereocenters. The Morgan fingerprint density at radius 3 is 2.71 bits per heavy atom. The van der Waals surface area contributed by atoms with Gasteiger partial charge in [-0.3, -0.25) is 0 Å². The van der Waals surface area contributed by atoms with Crippen LogP contribution in [-0.2, 0) is 9.84 Å². The molecule has 0 radical (unpaired) electrons. The monoisotopic (exact) mass is 273 g/mol. The standard InChI is InChI=1S/C12H19NO2S2/c1-3-16-8-5-9-17(14,15)11-7-4-6-10(2)12(11)13/h4,6-7H,3,5,8-9,13H2,1-2H3. The minimum Gasteiger partial charge on any atom is -0.397 e. The third-order valence-corrected chi connectivity index (χ3v) is 5.36. The molecule has 17 heavy (non-hydrogen) atoms. The first kappa shape index (κ1) is 14.4. The molecule has 0 aromatic heterocycles. The lowest BCUT2D eigenvalue weighted by atomic mass is 10.2. The van der Waals surface area contributed by atoms with Crippen LogP contribution in [0.3, 0.4) is 0 Å². The van der Waals surface area contributed by atoms with Gasteiger partial charge in [-0.2, -0.15) is 11.8 Å². The number of nitrogen functional groups attached to an aromatic ring is 1. The number of hydrogen-bond acceptors (Lipinski definition) is 4. The van der Waals surface area contributed by atoms with Crippen molar-refractivity contribution in [2.75, 3.05) is 23.0 Å². The summed E-state index contributed by atoms with van der Waals surface area (Å²) in [5.74, 6) is 2.07. The second-order valence-electron chi connectivity index (χ2n) is 3.86. The van der Waals surface area contributed by atoms with E-state index < -0.39 is 9.84 Å². The van der Waals surface area contributed by atoms with Gasteiger partial charge in [0.25, 0.3) is 0 Å². The molecule has 0 fully saturated rings. The van der Waals surface area contributed by atoms with E-state index in [2.05, 4.69) is 6.92 Å². The van der Waals surface area contributed by atoms with Gasteiger partial charge >= 0.3 is 0 Å². The molecule has 0 heterocycles. The summed E-state index contributed by atoms with van der Waals surface area (Å²) in [6, 6.07) is 5.14. The van der Waals surface area contributed by atoms with Gasteiger partial charge < -0.3 is 5.73 Å². The summed E-state index contributed by atoms with van der Waals surface area (Å²) in [5.41, 5.74) is 7.01. The summed E-state index contributed by atoms with van der Waals surface area (Å²) >= 11 is 1.76. The lowest BCUT2D eigenvalue weighted by Crippen LogP contribution is -2.11. The molecule has 2 N–H and O–H groups in total. The second kappa shape index (κ2) is 6.31. The molecule has 3 nitrogen and oxygen atoms in total. The van der Waals surface area contributed by atoms with Crippen molar-refractivity contribution in [2.45, 2.75) is 25.2 Å². The molecule has 0 saturated heterocycles. The smallest absolute Gasteiger partial charge is 0.180 e. The third kappa shape index (κ3) is 3.92. The zero-order valence-electron chi connectivity index (χ0n) is 10.3. The predicted molar refractivity (Wildman–Crippen MR) is 75.3 cm³/mol.